The zero-order valence-corrected chi connectivity index (χ0v) is 10.9. The molecular weight excluding hydrogens is 260 g/mol. The summed E-state index contributed by atoms with van der Waals surface area (Å²) in [7, 11) is 0. The SMILES string of the molecule is CCOc1ccc(/C=N\NC(=O)c2ccco2)cc1O. The Morgan fingerprint density at radius 3 is 3.00 bits per heavy atom. The standard InChI is InChI=1S/C14H14N2O4/c1-2-19-12-6-5-10(8-11(12)17)9-15-16-14(18)13-4-3-7-20-13/h3-9,17H,2H2,1H3,(H,16,18)/b15-9-. The van der Waals surface area contributed by atoms with Crippen LogP contribution in [0.25, 0.3) is 0 Å². The topological polar surface area (TPSA) is 84.1 Å². The first-order chi connectivity index (χ1) is 9.70. The maximum atomic E-state index is 11.5. The molecule has 0 radical (unpaired) electrons. The number of phenols is 1. The highest BCUT2D eigenvalue weighted by Crippen LogP contribution is 2.25. The Balaban J connectivity index is 1.98. The van der Waals surface area contributed by atoms with Crippen molar-refractivity contribution in [3.8, 4) is 11.5 Å². The number of aromatic hydroxyl groups is 1. The summed E-state index contributed by atoms with van der Waals surface area (Å²) in [6, 6.07) is 7.99. The highest BCUT2D eigenvalue weighted by molar-refractivity contribution is 5.92. The van der Waals surface area contributed by atoms with Gasteiger partial charge in [0, 0.05) is 0 Å². The summed E-state index contributed by atoms with van der Waals surface area (Å²) < 4.78 is 10.1. The van der Waals surface area contributed by atoms with E-state index in [0.29, 0.717) is 17.9 Å². The van der Waals surface area contributed by atoms with Crippen LogP contribution in [0.1, 0.15) is 23.0 Å². The summed E-state index contributed by atoms with van der Waals surface area (Å²) in [6.45, 7) is 2.30. The molecule has 2 N–H and O–H groups in total. The Labute approximate surface area is 115 Å². The summed E-state index contributed by atoms with van der Waals surface area (Å²) in [6.07, 6.45) is 2.82. The van der Waals surface area contributed by atoms with E-state index in [0.717, 1.165) is 0 Å². The number of nitrogens with one attached hydrogen (secondary N) is 1. The monoisotopic (exact) mass is 274 g/mol. The van der Waals surface area contributed by atoms with Crippen molar-refractivity contribution in [1.82, 2.24) is 5.43 Å². The second-order valence-corrected chi connectivity index (χ2v) is 3.84. The molecule has 6 heteroatoms. The van der Waals surface area contributed by atoms with Crippen molar-refractivity contribution in [3.05, 3.63) is 47.9 Å². The molecule has 20 heavy (non-hydrogen) atoms. The quantitative estimate of drug-likeness (QED) is 0.646. The predicted octanol–water partition coefficient (Wildman–Crippen LogP) is 2.15. The second-order valence-electron chi connectivity index (χ2n) is 3.84. The van der Waals surface area contributed by atoms with Gasteiger partial charge in [-0.3, -0.25) is 4.79 Å². The van der Waals surface area contributed by atoms with Crippen LogP contribution in [0.5, 0.6) is 11.5 Å². The Hall–Kier alpha value is -2.76. The Morgan fingerprint density at radius 1 is 1.50 bits per heavy atom. The molecule has 6 nitrogen and oxygen atoms in total. The van der Waals surface area contributed by atoms with Crippen LogP contribution in [0.2, 0.25) is 0 Å². The molecule has 0 saturated heterocycles. The third-order valence-electron chi connectivity index (χ3n) is 2.41. The molecule has 0 atom stereocenters. The lowest BCUT2D eigenvalue weighted by atomic mass is 10.2. The lowest BCUT2D eigenvalue weighted by Gasteiger charge is -2.05. The first-order valence-corrected chi connectivity index (χ1v) is 6.03. The fraction of sp³-hybridized carbons (Fsp3) is 0.143. The van der Waals surface area contributed by atoms with Crippen LogP contribution >= 0.6 is 0 Å². The van der Waals surface area contributed by atoms with E-state index in [-0.39, 0.29) is 11.5 Å². The molecule has 0 unspecified atom stereocenters. The van der Waals surface area contributed by atoms with E-state index >= 15 is 0 Å². The van der Waals surface area contributed by atoms with Gasteiger partial charge in [-0.1, -0.05) is 0 Å². The van der Waals surface area contributed by atoms with Crippen LogP contribution in [0.15, 0.2) is 46.1 Å². The summed E-state index contributed by atoms with van der Waals surface area (Å²) in [5.74, 6) is 0.163. The molecular formula is C14H14N2O4. The predicted molar refractivity (Wildman–Crippen MR) is 73.0 cm³/mol. The van der Waals surface area contributed by atoms with Gasteiger partial charge < -0.3 is 14.3 Å². The van der Waals surface area contributed by atoms with Crippen molar-refractivity contribution < 1.29 is 19.1 Å². The van der Waals surface area contributed by atoms with Crippen molar-refractivity contribution in [2.75, 3.05) is 6.61 Å². The van der Waals surface area contributed by atoms with E-state index in [1.54, 1.807) is 18.2 Å². The molecule has 0 aliphatic heterocycles. The number of carbonyl (C=O) groups excluding carboxylic acids is 1. The zero-order valence-electron chi connectivity index (χ0n) is 10.9. The number of ether oxygens (including phenoxy) is 1. The molecule has 0 aliphatic rings. The third kappa shape index (κ3) is 3.38. The fourth-order valence-corrected chi connectivity index (χ4v) is 1.52. The number of rotatable bonds is 5. The van der Waals surface area contributed by atoms with Gasteiger partial charge in [0.15, 0.2) is 17.3 Å². The molecule has 1 amide bonds. The van der Waals surface area contributed by atoms with Gasteiger partial charge in [-0.25, -0.2) is 5.43 Å². The zero-order chi connectivity index (χ0) is 14.4. The maximum absolute atomic E-state index is 11.5. The molecule has 0 spiro atoms. The smallest absolute Gasteiger partial charge is 0.307 e. The van der Waals surface area contributed by atoms with Crippen molar-refractivity contribution >= 4 is 12.1 Å². The van der Waals surface area contributed by atoms with Gasteiger partial charge in [-0.05, 0) is 42.8 Å². The molecule has 0 bridgehead atoms. The number of carbonyl (C=O) groups is 1. The number of benzene rings is 1. The van der Waals surface area contributed by atoms with E-state index in [9.17, 15) is 9.90 Å². The van der Waals surface area contributed by atoms with E-state index in [1.807, 2.05) is 6.92 Å². The number of hydrogen-bond acceptors (Lipinski definition) is 5. The molecule has 2 aromatic rings. The maximum Gasteiger partial charge on any atom is 0.307 e. The Morgan fingerprint density at radius 2 is 2.35 bits per heavy atom. The van der Waals surface area contributed by atoms with Crippen molar-refractivity contribution in [3.63, 3.8) is 0 Å². The summed E-state index contributed by atoms with van der Waals surface area (Å²) >= 11 is 0. The van der Waals surface area contributed by atoms with Crippen molar-refractivity contribution in [2.24, 2.45) is 5.10 Å². The fourth-order valence-electron chi connectivity index (χ4n) is 1.52. The van der Waals surface area contributed by atoms with Crippen LogP contribution in [-0.4, -0.2) is 23.8 Å². The molecule has 1 aromatic heterocycles. The molecule has 1 aromatic carbocycles. The summed E-state index contributed by atoms with van der Waals surface area (Å²) in [5, 5.41) is 13.5. The van der Waals surface area contributed by atoms with E-state index < -0.39 is 5.91 Å². The normalized spacial score (nSPS) is 10.7. The average Bonchev–Trinajstić information content (AvgIpc) is 2.96. The minimum absolute atomic E-state index is 0.0214. The van der Waals surface area contributed by atoms with Gasteiger partial charge in [-0.2, -0.15) is 5.10 Å². The van der Waals surface area contributed by atoms with Gasteiger partial charge in [0.1, 0.15) is 0 Å². The third-order valence-corrected chi connectivity index (χ3v) is 2.41. The Bertz CT molecular complexity index is 606. The van der Waals surface area contributed by atoms with E-state index in [2.05, 4.69) is 10.5 Å². The molecule has 1 heterocycles. The van der Waals surface area contributed by atoms with Gasteiger partial charge in [0.2, 0.25) is 0 Å². The van der Waals surface area contributed by atoms with Crippen molar-refractivity contribution in [2.45, 2.75) is 6.92 Å². The summed E-state index contributed by atoms with van der Waals surface area (Å²) in [4.78, 5) is 11.5. The lowest BCUT2D eigenvalue weighted by molar-refractivity contribution is 0.0927. The highest BCUT2D eigenvalue weighted by atomic mass is 16.5. The number of nitrogens with zero attached hydrogens (tertiary/aromatic N) is 1. The minimum atomic E-state index is -0.443. The second kappa shape index (κ2) is 6.42. The highest BCUT2D eigenvalue weighted by Gasteiger charge is 2.06. The van der Waals surface area contributed by atoms with Crippen molar-refractivity contribution in [1.29, 1.82) is 0 Å². The largest absolute Gasteiger partial charge is 0.504 e. The number of hydrogen-bond donors (Lipinski definition) is 2. The van der Waals surface area contributed by atoms with Gasteiger partial charge in [-0.15, -0.1) is 0 Å². The number of furan rings is 1. The van der Waals surface area contributed by atoms with Gasteiger partial charge in [0.25, 0.3) is 0 Å². The van der Waals surface area contributed by atoms with Crippen LogP contribution in [0, 0.1) is 0 Å². The average molecular weight is 274 g/mol. The van der Waals surface area contributed by atoms with Crippen LogP contribution < -0.4 is 10.2 Å². The molecule has 0 aliphatic carbocycles. The van der Waals surface area contributed by atoms with Crippen LogP contribution in [0.3, 0.4) is 0 Å². The molecule has 2 rings (SSSR count). The molecule has 104 valence electrons. The lowest BCUT2D eigenvalue weighted by Crippen LogP contribution is -2.16. The van der Waals surface area contributed by atoms with Gasteiger partial charge in [0.05, 0.1) is 19.1 Å². The van der Waals surface area contributed by atoms with Crippen LogP contribution in [-0.2, 0) is 0 Å². The number of phenolic OH excluding ortho intramolecular Hbond substituents is 1. The molecule has 0 saturated carbocycles. The summed E-state index contributed by atoms with van der Waals surface area (Å²) in [5.41, 5.74) is 2.95. The van der Waals surface area contributed by atoms with Gasteiger partial charge >= 0.3 is 5.91 Å². The molecule has 0 fully saturated rings. The first-order valence-electron chi connectivity index (χ1n) is 6.03. The van der Waals surface area contributed by atoms with E-state index in [4.69, 9.17) is 9.15 Å². The van der Waals surface area contributed by atoms with Crippen LogP contribution in [0.4, 0.5) is 0 Å². The first kappa shape index (κ1) is 13.7. The Kier molecular flexibility index (Phi) is 4.39. The number of amides is 1. The minimum Gasteiger partial charge on any atom is -0.504 e. The van der Waals surface area contributed by atoms with E-state index in [1.165, 1.54) is 24.6 Å². The number of hydrazone groups is 1.